The number of unbranched alkanes of at least 4 members (excludes halogenated alkanes) is 1. The Kier molecular flexibility index (Phi) is 9.85. The molecule has 2 aromatic heterocycles. The Hall–Kier alpha value is -6.05. The summed E-state index contributed by atoms with van der Waals surface area (Å²) in [5, 5.41) is 3.42. The monoisotopic (exact) mass is 695 g/mol. The van der Waals surface area contributed by atoms with Gasteiger partial charge in [0.1, 0.15) is 23.3 Å². The molecule has 1 fully saturated rings. The third-order valence-corrected chi connectivity index (χ3v) is 9.20. The minimum Gasteiger partial charge on any atom is -0.496 e. The lowest BCUT2D eigenvalue weighted by Gasteiger charge is -2.27. The molecule has 0 bridgehead atoms. The molecular formula is C37H37N5O9. The van der Waals surface area contributed by atoms with Crippen LogP contribution in [0.15, 0.2) is 59.8 Å². The molecule has 4 heterocycles. The minimum absolute atomic E-state index is 0.0304. The smallest absolute Gasteiger partial charge is 0.266 e. The Morgan fingerprint density at radius 1 is 0.961 bits per heavy atom. The van der Waals surface area contributed by atoms with E-state index in [0.717, 1.165) is 21.4 Å². The van der Waals surface area contributed by atoms with Crippen molar-refractivity contribution in [2.24, 2.45) is 7.05 Å². The summed E-state index contributed by atoms with van der Waals surface area (Å²) in [4.78, 5) is 82.8. The van der Waals surface area contributed by atoms with Crippen LogP contribution in [0.1, 0.15) is 58.4 Å². The number of pyridine rings is 2. The molecule has 264 valence electrons. The molecule has 0 saturated carbocycles. The van der Waals surface area contributed by atoms with Crippen molar-refractivity contribution in [3.05, 3.63) is 82.0 Å². The Balaban J connectivity index is 1.07. The number of benzene rings is 2. The van der Waals surface area contributed by atoms with Gasteiger partial charge >= 0.3 is 0 Å². The Bertz CT molecular complexity index is 2120. The van der Waals surface area contributed by atoms with Gasteiger partial charge in [0.25, 0.3) is 17.4 Å². The van der Waals surface area contributed by atoms with E-state index in [1.54, 1.807) is 70.0 Å². The molecule has 2 aliphatic rings. The number of aromatic nitrogens is 2. The third-order valence-electron chi connectivity index (χ3n) is 9.20. The maximum absolute atomic E-state index is 13.3. The van der Waals surface area contributed by atoms with Gasteiger partial charge in [-0.15, -0.1) is 0 Å². The highest BCUT2D eigenvalue weighted by Gasteiger charge is 2.46. The van der Waals surface area contributed by atoms with Crippen molar-refractivity contribution in [1.29, 1.82) is 0 Å². The van der Waals surface area contributed by atoms with E-state index in [1.807, 2.05) is 12.1 Å². The minimum atomic E-state index is -1.07. The van der Waals surface area contributed by atoms with Gasteiger partial charge in [0.15, 0.2) is 0 Å². The van der Waals surface area contributed by atoms with E-state index in [1.165, 1.54) is 10.6 Å². The van der Waals surface area contributed by atoms with Crippen molar-refractivity contribution in [2.45, 2.75) is 44.7 Å². The number of fused-ring (bicyclic) bond motifs is 2. The molecule has 4 aromatic rings. The van der Waals surface area contributed by atoms with Crippen LogP contribution < -0.4 is 25.1 Å². The normalized spacial score (nSPS) is 15.5. The number of piperidine rings is 1. The van der Waals surface area contributed by atoms with E-state index in [0.29, 0.717) is 35.3 Å². The number of amides is 5. The van der Waals surface area contributed by atoms with Gasteiger partial charge in [-0.05, 0) is 60.5 Å². The van der Waals surface area contributed by atoms with Crippen LogP contribution in [0, 0.1) is 0 Å². The summed E-state index contributed by atoms with van der Waals surface area (Å²) in [5.74, 6) is -1.22. The third kappa shape index (κ3) is 6.64. The zero-order valence-corrected chi connectivity index (χ0v) is 28.7. The first-order chi connectivity index (χ1) is 24.5. The van der Waals surface area contributed by atoms with Crippen LogP contribution in [0.25, 0.3) is 21.9 Å². The lowest BCUT2D eigenvalue weighted by atomic mass is 9.99. The molecule has 5 amide bonds. The molecule has 0 radical (unpaired) electrons. The topological polar surface area (TPSA) is 166 Å². The van der Waals surface area contributed by atoms with Crippen molar-refractivity contribution in [3.8, 4) is 28.4 Å². The highest BCUT2D eigenvalue weighted by atomic mass is 16.5. The predicted octanol–water partition coefficient (Wildman–Crippen LogP) is 3.23. The van der Waals surface area contributed by atoms with Gasteiger partial charge in [0, 0.05) is 51.1 Å². The molecule has 14 nitrogen and oxygen atoms in total. The summed E-state index contributed by atoms with van der Waals surface area (Å²) >= 11 is 0. The van der Waals surface area contributed by atoms with E-state index >= 15 is 0 Å². The number of nitrogens with one attached hydrogen (secondary N) is 1. The molecule has 1 N–H and O–H groups in total. The van der Waals surface area contributed by atoms with Crippen molar-refractivity contribution in [1.82, 2.24) is 24.7 Å². The lowest BCUT2D eigenvalue weighted by Crippen LogP contribution is -2.54. The number of hydrogen-bond acceptors (Lipinski definition) is 10. The van der Waals surface area contributed by atoms with Gasteiger partial charge < -0.3 is 23.7 Å². The fourth-order valence-electron chi connectivity index (χ4n) is 6.52. The molecular weight excluding hydrogens is 658 g/mol. The number of carbonyl (C=O) groups is 5. The highest BCUT2D eigenvalue weighted by Crippen LogP contribution is 2.38. The Labute approximate surface area is 292 Å². The van der Waals surface area contributed by atoms with Crippen molar-refractivity contribution in [2.75, 3.05) is 27.9 Å². The summed E-state index contributed by atoms with van der Waals surface area (Å²) in [6, 6.07) is 9.13. The second-order valence-electron chi connectivity index (χ2n) is 12.4. The zero-order chi connectivity index (χ0) is 36.4. The largest absolute Gasteiger partial charge is 0.496 e. The molecule has 0 aliphatic carbocycles. The van der Waals surface area contributed by atoms with Crippen LogP contribution in [0.4, 0.5) is 0 Å². The fourth-order valence-corrected chi connectivity index (χ4v) is 6.52. The molecule has 1 unspecified atom stereocenters. The number of rotatable bonds is 12. The van der Waals surface area contributed by atoms with E-state index in [-0.39, 0.29) is 60.8 Å². The SMILES string of the molecule is COc1cc(-c2cn(C)c(=O)c3cnccc23)cc(OC)c1CN(C)C(=O)CCCCOc1cccc2c1C(=O)N(C1CCC(=O)NC1=O)C2=O. The number of imide groups is 2. The van der Waals surface area contributed by atoms with E-state index < -0.39 is 29.7 Å². The summed E-state index contributed by atoms with van der Waals surface area (Å²) in [7, 11) is 6.47. The molecule has 1 atom stereocenters. The van der Waals surface area contributed by atoms with E-state index in [4.69, 9.17) is 14.2 Å². The zero-order valence-electron chi connectivity index (χ0n) is 28.7. The van der Waals surface area contributed by atoms with Gasteiger partial charge in [0.05, 0.1) is 49.4 Å². The molecule has 6 rings (SSSR count). The standard InChI is InChI=1S/C37H37N5O9/c1-40(20-26-29(49-3)16-21(17-30(26)50-4)25-19-41(2)35(46)24-18-38-14-13-22(24)25)32(44)10-5-6-15-51-28-9-7-8-23-33(28)37(48)42(36(23)47)27-11-12-31(43)39-34(27)45/h7-9,13-14,16-19,27H,5-6,10-12,15,20H2,1-4H3,(H,39,43,45). The maximum atomic E-state index is 13.3. The Morgan fingerprint density at radius 3 is 2.41 bits per heavy atom. The number of aryl methyl sites for hydroxylation is 1. The first kappa shape index (κ1) is 34.8. The summed E-state index contributed by atoms with van der Waals surface area (Å²) in [6.45, 7) is 0.405. The van der Waals surface area contributed by atoms with Gasteiger partial charge in [-0.1, -0.05) is 6.07 Å². The highest BCUT2D eigenvalue weighted by molar-refractivity contribution is 6.24. The van der Waals surface area contributed by atoms with Crippen LogP contribution in [0.3, 0.4) is 0 Å². The maximum Gasteiger partial charge on any atom is 0.266 e. The van der Waals surface area contributed by atoms with Crippen molar-refractivity contribution < 1.29 is 38.2 Å². The second-order valence-corrected chi connectivity index (χ2v) is 12.4. The lowest BCUT2D eigenvalue weighted by molar-refractivity contribution is -0.136. The summed E-state index contributed by atoms with van der Waals surface area (Å²) < 4.78 is 18.9. The molecule has 51 heavy (non-hydrogen) atoms. The van der Waals surface area contributed by atoms with Crippen molar-refractivity contribution >= 4 is 40.3 Å². The quantitative estimate of drug-likeness (QED) is 0.172. The first-order valence-corrected chi connectivity index (χ1v) is 16.4. The molecule has 14 heteroatoms. The molecule has 1 saturated heterocycles. The van der Waals surface area contributed by atoms with Gasteiger partial charge in [-0.3, -0.25) is 44.0 Å². The Morgan fingerprint density at radius 2 is 1.71 bits per heavy atom. The van der Waals surface area contributed by atoms with Crippen LogP contribution in [-0.2, 0) is 28.0 Å². The average molecular weight is 696 g/mol. The molecule has 2 aliphatic heterocycles. The predicted molar refractivity (Wildman–Crippen MR) is 184 cm³/mol. The van der Waals surface area contributed by atoms with E-state index in [9.17, 15) is 28.8 Å². The van der Waals surface area contributed by atoms with Crippen LogP contribution in [0.5, 0.6) is 17.2 Å². The van der Waals surface area contributed by atoms with Crippen molar-refractivity contribution in [3.63, 3.8) is 0 Å². The van der Waals surface area contributed by atoms with Gasteiger partial charge in [0.2, 0.25) is 17.7 Å². The van der Waals surface area contributed by atoms with Crippen LogP contribution >= 0.6 is 0 Å². The van der Waals surface area contributed by atoms with Crippen LogP contribution in [-0.4, -0.2) is 82.8 Å². The first-order valence-electron chi connectivity index (χ1n) is 16.4. The summed E-state index contributed by atoms with van der Waals surface area (Å²) in [5.41, 5.74) is 2.32. The number of nitrogens with zero attached hydrogens (tertiary/aromatic N) is 4. The number of ether oxygens (including phenoxy) is 3. The van der Waals surface area contributed by atoms with Gasteiger partial charge in [-0.25, -0.2) is 0 Å². The van der Waals surface area contributed by atoms with Crippen LogP contribution in [0.2, 0.25) is 0 Å². The molecule has 0 spiro atoms. The summed E-state index contributed by atoms with van der Waals surface area (Å²) in [6.07, 6.45) is 6.25. The van der Waals surface area contributed by atoms with Gasteiger partial charge in [-0.2, -0.15) is 0 Å². The molecule has 2 aromatic carbocycles. The average Bonchev–Trinajstić information content (AvgIpc) is 3.38. The fraction of sp³-hybridized carbons (Fsp3) is 0.324. The van der Waals surface area contributed by atoms with E-state index in [2.05, 4.69) is 10.3 Å². The number of hydrogen-bond donors (Lipinski definition) is 1. The number of methoxy groups -OCH3 is 2. The number of carbonyl (C=O) groups excluding carboxylic acids is 5. The second kappa shape index (κ2) is 14.4.